The van der Waals surface area contributed by atoms with Crippen LogP contribution in [0.4, 0.5) is 5.69 Å². The molecular weight excluding hydrogens is 646 g/mol. The molecule has 2 N–H and O–H groups in total. The predicted molar refractivity (Wildman–Crippen MR) is 194 cm³/mol. The Morgan fingerprint density at radius 3 is 2.69 bits per heavy atom. The smallest absolute Gasteiger partial charge is 0.262 e. The molecule has 1 spiro atoms. The third kappa shape index (κ3) is 6.27. The van der Waals surface area contributed by atoms with E-state index in [1.807, 2.05) is 51.1 Å². The summed E-state index contributed by atoms with van der Waals surface area (Å²) in [7, 11) is 0.423. The standard InChI is InChI=1S/C38H50ClN3O5S/c1-24-9-7-18-38(45,25(2)36(44)41(4)5)32-14-11-29(32)21-42-22-37(17-8-10-27-19-30(39)13-15-31(27)37)23-47-34-16-12-28(20-33(34)42)35(43)40-48(6,46)26(24)3/h7,12-13,15-16,18-20,24-26,29,32,45H,6,8-11,14,17,21-23H2,1-5H3,(H,40,43,46)/b18-7+/t24-,25+,26+,29-,32+,37-,38+,48?/m0/s1. The lowest BCUT2D eigenvalue weighted by Gasteiger charge is -2.51. The van der Waals surface area contributed by atoms with E-state index in [2.05, 4.69) is 27.6 Å². The normalized spacial score (nSPS) is 34.7. The van der Waals surface area contributed by atoms with Crippen LogP contribution in [0.25, 0.3) is 0 Å². The minimum absolute atomic E-state index is 0.0913. The molecule has 260 valence electrons. The minimum Gasteiger partial charge on any atom is -0.490 e. The predicted octanol–water partition coefficient (Wildman–Crippen LogP) is 5.64. The molecule has 48 heavy (non-hydrogen) atoms. The number of carbonyl (C=O) groups excluding carboxylic acids is 2. The van der Waals surface area contributed by atoms with Crippen LogP contribution >= 0.6 is 11.6 Å². The van der Waals surface area contributed by atoms with Gasteiger partial charge in [0.15, 0.2) is 0 Å². The topological polar surface area (TPSA) is 99.2 Å². The number of hydrogen-bond acceptors (Lipinski definition) is 6. The van der Waals surface area contributed by atoms with Gasteiger partial charge in [-0.15, -0.1) is 0 Å². The molecule has 0 radical (unpaired) electrons. The van der Waals surface area contributed by atoms with E-state index < -0.39 is 32.4 Å². The zero-order valence-electron chi connectivity index (χ0n) is 28.8. The second-order valence-corrected chi connectivity index (χ2v) is 17.9. The Bertz CT molecular complexity index is 1730. The maximum absolute atomic E-state index is 13.9. The molecule has 6 rings (SSSR count). The highest BCUT2D eigenvalue weighted by Gasteiger charge is 2.52. The van der Waals surface area contributed by atoms with Gasteiger partial charge in [0.05, 0.1) is 33.5 Å². The number of fused-ring (bicyclic) bond motifs is 4. The zero-order valence-corrected chi connectivity index (χ0v) is 30.4. The third-order valence-corrected chi connectivity index (χ3v) is 14.3. The van der Waals surface area contributed by atoms with E-state index in [4.69, 9.17) is 16.3 Å². The van der Waals surface area contributed by atoms with Gasteiger partial charge in [-0.1, -0.05) is 43.7 Å². The van der Waals surface area contributed by atoms with E-state index in [1.165, 1.54) is 11.1 Å². The second kappa shape index (κ2) is 13.0. The number of hydrogen-bond donors (Lipinski definition) is 2. The van der Waals surface area contributed by atoms with Crippen molar-refractivity contribution in [3.63, 3.8) is 0 Å². The van der Waals surface area contributed by atoms with E-state index in [0.29, 0.717) is 37.4 Å². The Kier molecular flexibility index (Phi) is 9.46. The Morgan fingerprint density at radius 1 is 1.21 bits per heavy atom. The van der Waals surface area contributed by atoms with Gasteiger partial charge in [-0.05, 0) is 111 Å². The van der Waals surface area contributed by atoms with Gasteiger partial charge in [-0.2, -0.15) is 0 Å². The van der Waals surface area contributed by atoms with Crippen molar-refractivity contribution in [2.75, 3.05) is 38.7 Å². The molecule has 1 fully saturated rings. The first-order valence-electron chi connectivity index (χ1n) is 17.3. The maximum Gasteiger partial charge on any atom is 0.262 e. The first-order valence-corrected chi connectivity index (χ1v) is 19.4. The van der Waals surface area contributed by atoms with Crippen LogP contribution in [0.15, 0.2) is 48.6 Å². The molecule has 0 saturated heterocycles. The first-order chi connectivity index (χ1) is 22.6. The summed E-state index contributed by atoms with van der Waals surface area (Å²) in [6, 6.07) is 11.6. The number of halogens is 1. The molecule has 8 nitrogen and oxygen atoms in total. The quantitative estimate of drug-likeness (QED) is 0.312. The number of anilines is 1. The van der Waals surface area contributed by atoms with Crippen molar-refractivity contribution in [3.05, 3.63) is 70.3 Å². The largest absolute Gasteiger partial charge is 0.490 e. The maximum atomic E-state index is 13.9. The van der Waals surface area contributed by atoms with E-state index >= 15 is 0 Å². The van der Waals surface area contributed by atoms with Gasteiger partial charge in [0.1, 0.15) is 5.75 Å². The highest BCUT2D eigenvalue weighted by molar-refractivity contribution is 7.99. The molecule has 2 aliphatic carbocycles. The summed E-state index contributed by atoms with van der Waals surface area (Å²) < 4.78 is 23.2. The Labute approximate surface area is 291 Å². The molecular formula is C38H50ClN3O5S. The number of nitrogens with zero attached hydrogens (tertiary/aromatic N) is 2. The summed E-state index contributed by atoms with van der Waals surface area (Å²) in [6.07, 6.45) is 8.87. The number of carbonyl (C=O) groups is 2. The van der Waals surface area contributed by atoms with E-state index in [9.17, 15) is 18.9 Å². The van der Waals surface area contributed by atoms with Gasteiger partial charge in [0.2, 0.25) is 5.91 Å². The number of nitrogens with one attached hydrogen (secondary N) is 1. The van der Waals surface area contributed by atoms with Gasteiger partial charge >= 0.3 is 0 Å². The van der Waals surface area contributed by atoms with Crippen LogP contribution in [0.3, 0.4) is 0 Å². The molecule has 1 unspecified atom stereocenters. The molecule has 10 heteroatoms. The fourth-order valence-electron chi connectivity index (χ4n) is 8.46. The molecule has 2 aromatic rings. The van der Waals surface area contributed by atoms with Crippen molar-refractivity contribution in [1.82, 2.24) is 9.62 Å². The van der Waals surface area contributed by atoms with Crippen molar-refractivity contribution in [2.24, 2.45) is 23.7 Å². The number of allylic oxidation sites excluding steroid dienone is 1. The van der Waals surface area contributed by atoms with E-state index in [-0.39, 0.29) is 29.1 Å². The highest BCUT2D eigenvalue weighted by Crippen LogP contribution is 2.50. The summed E-state index contributed by atoms with van der Waals surface area (Å²) in [5.74, 6) is 3.27. The number of rotatable bonds is 2. The highest BCUT2D eigenvalue weighted by atomic mass is 35.5. The number of ether oxygens (including phenoxy) is 1. The molecule has 0 aromatic heterocycles. The Hall–Kier alpha value is -3.01. The van der Waals surface area contributed by atoms with E-state index in [0.717, 1.165) is 42.8 Å². The van der Waals surface area contributed by atoms with Crippen LogP contribution in [0.5, 0.6) is 5.75 Å². The Balaban J connectivity index is 1.47. The fourth-order valence-corrected chi connectivity index (χ4v) is 10.1. The van der Waals surface area contributed by atoms with Crippen LogP contribution in [-0.4, -0.2) is 76.5 Å². The number of benzene rings is 2. The molecule has 2 aromatic carbocycles. The first kappa shape index (κ1) is 34.8. The van der Waals surface area contributed by atoms with Crippen LogP contribution < -0.4 is 14.4 Å². The average molecular weight is 696 g/mol. The van der Waals surface area contributed by atoms with Gasteiger partial charge < -0.3 is 19.6 Å². The number of aryl methyl sites for hydroxylation is 1. The van der Waals surface area contributed by atoms with Crippen molar-refractivity contribution in [3.8, 4) is 5.75 Å². The molecule has 2 amide bonds. The fraction of sp³-hybridized carbons (Fsp3) is 0.553. The average Bonchev–Trinajstić information content (AvgIpc) is 3.17. The van der Waals surface area contributed by atoms with Crippen LogP contribution in [-0.2, 0) is 26.3 Å². The molecule has 2 heterocycles. The molecule has 2 aliphatic heterocycles. The van der Waals surface area contributed by atoms with Crippen LogP contribution in [0, 0.1) is 23.7 Å². The monoisotopic (exact) mass is 695 g/mol. The van der Waals surface area contributed by atoms with Crippen LogP contribution in [0.2, 0.25) is 5.02 Å². The molecule has 1 saturated carbocycles. The SMILES string of the molecule is C=S1(=O)NC(=O)c2ccc3c(c2)N(C[C@@H]2CC[C@H]2[C@](O)([C@H](C)C(=O)N(C)C)/C=C/C[C@H](C)[C@H]1C)C[C@@]1(CCCc2cc(Cl)ccc21)CO3. The molecule has 2 bridgehead atoms. The summed E-state index contributed by atoms with van der Waals surface area (Å²) in [5.41, 5.74) is 1.99. The van der Waals surface area contributed by atoms with Crippen LogP contribution in [0.1, 0.15) is 74.4 Å². The lowest BCUT2D eigenvalue weighted by atomic mass is 9.60. The summed E-state index contributed by atoms with van der Waals surface area (Å²) >= 11 is 6.45. The Morgan fingerprint density at radius 2 is 1.98 bits per heavy atom. The van der Waals surface area contributed by atoms with Gasteiger partial charge in [-0.3, -0.25) is 14.3 Å². The van der Waals surface area contributed by atoms with Crippen molar-refractivity contribution >= 4 is 44.7 Å². The van der Waals surface area contributed by atoms with Crippen molar-refractivity contribution in [2.45, 2.75) is 75.6 Å². The van der Waals surface area contributed by atoms with Gasteiger partial charge in [0, 0.05) is 48.4 Å². The summed E-state index contributed by atoms with van der Waals surface area (Å²) in [5, 5.41) is 12.8. The number of amides is 2. The second-order valence-electron chi connectivity index (χ2n) is 15.1. The van der Waals surface area contributed by atoms with Crippen molar-refractivity contribution in [1.29, 1.82) is 0 Å². The lowest BCUT2D eigenvalue weighted by Crippen LogP contribution is -2.57. The zero-order chi connectivity index (χ0) is 34.6. The third-order valence-electron chi connectivity index (χ3n) is 11.8. The molecule has 4 aliphatic rings. The summed E-state index contributed by atoms with van der Waals surface area (Å²) in [6.45, 7) is 7.39. The molecule has 8 atom stereocenters. The summed E-state index contributed by atoms with van der Waals surface area (Å²) in [4.78, 5) is 30.9. The number of aliphatic hydroxyl groups is 1. The van der Waals surface area contributed by atoms with Crippen molar-refractivity contribution < 1.29 is 23.6 Å². The lowest BCUT2D eigenvalue weighted by molar-refractivity contribution is -0.147. The minimum atomic E-state index is -3.03. The van der Waals surface area contributed by atoms with E-state index in [1.54, 1.807) is 25.1 Å². The van der Waals surface area contributed by atoms with Gasteiger partial charge in [0.25, 0.3) is 5.91 Å². The van der Waals surface area contributed by atoms with Gasteiger partial charge in [-0.25, -0.2) is 4.21 Å².